The molecule has 21 heavy (non-hydrogen) atoms. The van der Waals surface area contributed by atoms with E-state index in [9.17, 15) is 5.11 Å². The minimum atomic E-state index is -0.876. The van der Waals surface area contributed by atoms with Crippen molar-refractivity contribution < 1.29 is 5.11 Å². The Bertz CT molecular complexity index is 703. The van der Waals surface area contributed by atoms with Gasteiger partial charge in [0.2, 0.25) is 0 Å². The first-order chi connectivity index (χ1) is 10.1. The first-order valence-electron chi connectivity index (χ1n) is 7.09. The Morgan fingerprint density at radius 3 is 2.05 bits per heavy atom. The van der Waals surface area contributed by atoms with Crippen LogP contribution in [0.3, 0.4) is 0 Å². The number of rotatable bonds is 3. The van der Waals surface area contributed by atoms with Gasteiger partial charge in [-0.1, -0.05) is 60.0 Å². The number of aliphatic hydroxyl groups is 1. The second-order valence-corrected chi connectivity index (χ2v) is 5.77. The number of aliphatic hydroxyl groups excluding tert-OH is 1. The Morgan fingerprint density at radius 2 is 1.62 bits per heavy atom. The van der Waals surface area contributed by atoms with Crippen molar-refractivity contribution >= 4 is 0 Å². The van der Waals surface area contributed by atoms with Gasteiger partial charge < -0.3 is 5.11 Å². The zero-order chi connectivity index (χ0) is 15.0. The van der Waals surface area contributed by atoms with Crippen LogP contribution in [0.4, 0.5) is 0 Å². The molecule has 0 fully saturated rings. The molecule has 0 aromatic heterocycles. The maximum absolute atomic E-state index is 10.7. The molecule has 2 aromatic carbocycles. The van der Waals surface area contributed by atoms with Crippen molar-refractivity contribution in [3.05, 3.63) is 71.8 Å². The van der Waals surface area contributed by atoms with Crippen molar-refractivity contribution in [3.63, 3.8) is 0 Å². The van der Waals surface area contributed by atoms with Gasteiger partial charge in [-0.2, -0.15) is 0 Å². The normalized spacial score (nSPS) is 15.7. The number of benzene rings is 2. The fourth-order valence-corrected chi connectivity index (χ4v) is 3.56. The number of fused-ring (bicyclic) bond motifs is 3. The second kappa shape index (κ2) is 4.91. The lowest BCUT2D eigenvalue weighted by Crippen LogP contribution is -2.38. The molecule has 1 N–H and O–H groups in total. The maximum atomic E-state index is 10.7. The summed E-state index contributed by atoms with van der Waals surface area (Å²) < 4.78 is 0. The van der Waals surface area contributed by atoms with Crippen LogP contribution in [0.1, 0.15) is 24.5 Å². The third-order valence-corrected chi connectivity index (χ3v) is 4.31. The smallest absolute Gasteiger partial charge is 0.128 e. The van der Waals surface area contributed by atoms with Crippen LogP contribution >= 0.6 is 0 Å². The van der Waals surface area contributed by atoms with Gasteiger partial charge in [0.1, 0.15) is 6.10 Å². The minimum Gasteiger partial charge on any atom is -0.379 e. The van der Waals surface area contributed by atoms with Crippen LogP contribution in [-0.4, -0.2) is 11.2 Å². The van der Waals surface area contributed by atoms with Crippen LogP contribution in [-0.2, 0) is 5.41 Å². The zero-order valence-electron chi connectivity index (χ0n) is 12.1. The first kappa shape index (κ1) is 13.7. The van der Waals surface area contributed by atoms with Gasteiger partial charge in [0.05, 0.1) is 5.41 Å². The van der Waals surface area contributed by atoms with E-state index in [2.05, 4.69) is 36.8 Å². The number of hydrogen-bond donors (Lipinski definition) is 1. The van der Waals surface area contributed by atoms with Gasteiger partial charge in [0, 0.05) is 0 Å². The fraction of sp³-hybridized carbons (Fsp3) is 0.200. The number of allylic oxidation sites excluding steroid dienone is 1. The number of hydrogen-bond acceptors (Lipinski definition) is 1. The Morgan fingerprint density at radius 1 is 1.14 bits per heavy atom. The molecule has 0 aliphatic heterocycles. The second-order valence-electron chi connectivity index (χ2n) is 5.77. The Labute approximate surface area is 126 Å². The van der Waals surface area contributed by atoms with E-state index >= 15 is 0 Å². The van der Waals surface area contributed by atoms with Gasteiger partial charge >= 0.3 is 0 Å². The lowest BCUT2D eigenvalue weighted by Gasteiger charge is -2.34. The van der Waals surface area contributed by atoms with E-state index in [0.29, 0.717) is 6.42 Å². The summed E-state index contributed by atoms with van der Waals surface area (Å²) in [6.45, 7) is 6.03. The molecular formula is C20H18O. The number of terminal acetylenes is 1. The van der Waals surface area contributed by atoms with Gasteiger partial charge in [-0.15, -0.1) is 13.0 Å². The lowest BCUT2D eigenvalue weighted by atomic mass is 9.70. The van der Waals surface area contributed by atoms with Crippen LogP contribution < -0.4 is 0 Å². The average Bonchev–Trinajstić information content (AvgIpc) is 2.78. The third-order valence-electron chi connectivity index (χ3n) is 4.31. The van der Waals surface area contributed by atoms with Gasteiger partial charge in [-0.05, 0) is 35.6 Å². The Balaban J connectivity index is 2.38. The van der Waals surface area contributed by atoms with Crippen LogP contribution in [0.15, 0.2) is 60.7 Å². The quantitative estimate of drug-likeness (QED) is 0.664. The van der Waals surface area contributed by atoms with E-state index in [0.717, 1.165) is 27.8 Å². The molecule has 2 aromatic rings. The van der Waals surface area contributed by atoms with Crippen molar-refractivity contribution in [2.75, 3.05) is 0 Å². The predicted molar refractivity (Wildman–Crippen MR) is 86.9 cm³/mol. The summed E-state index contributed by atoms with van der Waals surface area (Å²) in [5.41, 5.74) is 4.93. The summed E-state index contributed by atoms with van der Waals surface area (Å²) in [7, 11) is 0. The molecule has 3 rings (SSSR count). The van der Waals surface area contributed by atoms with Crippen LogP contribution in [0, 0.1) is 12.3 Å². The summed E-state index contributed by atoms with van der Waals surface area (Å²) in [6, 6.07) is 16.4. The van der Waals surface area contributed by atoms with Crippen molar-refractivity contribution in [1.29, 1.82) is 0 Å². The standard InChI is InChI=1S/C20H18O/c1-4-19(21)20(13-14(2)3)17-11-7-5-9-15(17)16-10-6-8-12-18(16)20/h1,5-12,19,21H,2,13H2,3H3. The molecule has 0 bridgehead atoms. The Kier molecular flexibility index (Phi) is 3.20. The molecule has 1 heteroatoms. The highest BCUT2D eigenvalue weighted by Gasteiger charge is 2.47. The van der Waals surface area contributed by atoms with Crippen molar-refractivity contribution in [1.82, 2.24) is 0 Å². The SMILES string of the molecule is C#CC(O)C1(CC(=C)C)c2ccccc2-c2ccccc21. The molecule has 0 radical (unpaired) electrons. The van der Waals surface area contributed by atoms with E-state index in [1.807, 2.05) is 31.2 Å². The third kappa shape index (κ3) is 1.84. The van der Waals surface area contributed by atoms with E-state index in [1.54, 1.807) is 0 Å². The van der Waals surface area contributed by atoms with Crippen LogP contribution in [0.5, 0.6) is 0 Å². The van der Waals surface area contributed by atoms with Crippen LogP contribution in [0.2, 0.25) is 0 Å². The Hall–Kier alpha value is -2.30. The lowest BCUT2D eigenvalue weighted by molar-refractivity contribution is 0.157. The van der Waals surface area contributed by atoms with Gasteiger partial charge in [-0.3, -0.25) is 0 Å². The average molecular weight is 274 g/mol. The van der Waals surface area contributed by atoms with E-state index in [4.69, 9.17) is 6.42 Å². The summed E-state index contributed by atoms with van der Waals surface area (Å²) >= 11 is 0. The molecular weight excluding hydrogens is 256 g/mol. The molecule has 0 saturated carbocycles. The minimum absolute atomic E-state index is 0.590. The molecule has 1 unspecified atom stereocenters. The predicted octanol–water partition coefficient (Wildman–Crippen LogP) is 3.91. The zero-order valence-corrected chi connectivity index (χ0v) is 12.1. The van der Waals surface area contributed by atoms with Crippen molar-refractivity contribution in [2.45, 2.75) is 24.9 Å². The largest absolute Gasteiger partial charge is 0.379 e. The molecule has 0 saturated heterocycles. The van der Waals surface area contributed by atoms with Crippen LogP contribution in [0.25, 0.3) is 11.1 Å². The molecule has 1 atom stereocenters. The molecule has 104 valence electrons. The molecule has 1 aliphatic carbocycles. The van der Waals surface area contributed by atoms with Gasteiger partial charge in [-0.25, -0.2) is 0 Å². The summed E-state index contributed by atoms with van der Waals surface area (Å²) in [6.07, 6.45) is 5.37. The molecule has 0 heterocycles. The molecule has 0 amide bonds. The van der Waals surface area contributed by atoms with E-state index < -0.39 is 11.5 Å². The highest BCUT2D eigenvalue weighted by molar-refractivity contribution is 5.82. The topological polar surface area (TPSA) is 20.2 Å². The highest BCUT2D eigenvalue weighted by atomic mass is 16.3. The van der Waals surface area contributed by atoms with Crippen molar-refractivity contribution in [2.24, 2.45) is 0 Å². The van der Waals surface area contributed by atoms with E-state index in [-0.39, 0.29) is 0 Å². The first-order valence-corrected chi connectivity index (χ1v) is 7.09. The highest BCUT2D eigenvalue weighted by Crippen LogP contribution is 2.53. The fourth-order valence-electron chi connectivity index (χ4n) is 3.56. The molecule has 1 aliphatic rings. The summed E-state index contributed by atoms with van der Waals surface area (Å²) in [5, 5.41) is 10.7. The molecule has 1 nitrogen and oxygen atoms in total. The monoisotopic (exact) mass is 274 g/mol. The summed E-state index contributed by atoms with van der Waals surface area (Å²) in [4.78, 5) is 0. The van der Waals surface area contributed by atoms with Gasteiger partial charge in [0.15, 0.2) is 0 Å². The van der Waals surface area contributed by atoms with E-state index in [1.165, 1.54) is 0 Å². The maximum Gasteiger partial charge on any atom is 0.128 e. The van der Waals surface area contributed by atoms with Gasteiger partial charge in [0.25, 0.3) is 0 Å². The van der Waals surface area contributed by atoms with Crippen molar-refractivity contribution in [3.8, 4) is 23.5 Å². The summed E-state index contributed by atoms with van der Waals surface area (Å²) in [5.74, 6) is 2.55. The molecule has 0 spiro atoms.